The van der Waals surface area contributed by atoms with E-state index < -0.39 is 11.9 Å². The molecule has 0 spiro atoms. The Morgan fingerprint density at radius 1 is 1.44 bits per heavy atom. The van der Waals surface area contributed by atoms with Crippen molar-refractivity contribution in [3.05, 3.63) is 35.6 Å². The van der Waals surface area contributed by atoms with Crippen molar-refractivity contribution in [3.63, 3.8) is 0 Å². The molecule has 0 aliphatic rings. The molecule has 1 amide bonds. The summed E-state index contributed by atoms with van der Waals surface area (Å²) in [7, 11) is 0. The van der Waals surface area contributed by atoms with Crippen LogP contribution in [0.2, 0.25) is 0 Å². The lowest BCUT2D eigenvalue weighted by Gasteiger charge is -2.18. The number of carbonyl (C=O) groups excluding carboxylic acids is 2. The van der Waals surface area contributed by atoms with Gasteiger partial charge in [0, 0.05) is 0 Å². The standard InChI is InChI=1S/C14H18FNO2/c1-3-10(2)13(9-17)16-14(18)8-11-6-4-5-7-12(11)15/h4-7,9-10,13H,3,8H2,1-2H3,(H,16,18)/t10?,13-/m1/s1. The molecule has 0 radical (unpaired) electrons. The van der Waals surface area contributed by atoms with Crippen molar-refractivity contribution in [2.45, 2.75) is 32.7 Å². The van der Waals surface area contributed by atoms with E-state index >= 15 is 0 Å². The van der Waals surface area contributed by atoms with Gasteiger partial charge in [0.1, 0.15) is 12.1 Å². The van der Waals surface area contributed by atoms with Crippen LogP contribution in [0, 0.1) is 11.7 Å². The van der Waals surface area contributed by atoms with Gasteiger partial charge < -0.3 is 10.1 Å². The number of aldehydes is 1. The predicted octanol–water partition coefficient (Wildman–Crippen LogP) is 2.10. The van der Waals surface area contributed by atoms with Crippen molar-refractivity contribution < 1.29 is 14.0 Å². The molecule has 1 aromatic carbocycles. The van der Waals surface area contributed by atoms with E-state index in [-0.39, 0.29) is 18.2 Å². The minimum atomic E-state index is -0.505. The first-order valence-electron chi connectivity index (χ1n) is 6.06. The second-order valence-electron chi connectivity index (χ2n) is 4.38. The van der Waals surface area contributed by atoms with Crippen LogP contribution >= 0.6 is 0 Å². The quantitative estimate of drug-likeness (QED) is 0.787. The Labute approximate surface area is 106 Å². The van der Waals surface area contributed by atoms with E-state index in [1.165, 1.54) is 6.07 Å². The molecule has 0 aromatic heterocycles. The highest BCUT2D eigenvalue weighted by Gasteiger charge is 2.18. The molecule has 0 bridgehead atoms. The van der Waals surface area contributed by atoms with Gasteiger partial charge in [-0.1, -0.05) is 38.5 Å². The molecule has 2 atom stereocenters. The van der Waals surface area contributed by atoms with Crippen LogP contribution in [-0.4, -0.2) is 18.2 Å². The van der Waals surface area contributed by atoms with Crippen LogP contribution in [0.3, 0.4) is 0 Å². The highest BCUT2D eigenvalue weighted by atomic mass is 19.1. The molecule has 1 N–H and O–H groups in total. The molecule has 0 aliphatic heterocycles. The largest absolute Gasteiger partial charge is 0.346 e. The van der Waals surface area contributed by atoms with Crippen LogP contribution in [0.4, 0.5) is 4.39 Å². The average molecular weight is 251 g/mol. The number of rotatable bonds is 6. The van der Waals surface area contributed by atoms with E-state index in [1.807, 2.05) is 13.8 Å². The van der Waals surface area contributed by atoms with Crippen molar-refractivity contribution in [3.8, 4) is 0 Å². The summed E-state index contributed by atoms with van der Waals surface area (Å²) in [6.45, 7) is 3.84. The molecule has 1 rings (SSSR count). The topological polar surface area (TPSA) is 46.2 Å². The third kappa shape index (κ3) is 3.95. The molecule has 4 heteroatoms. The summed E-state index contributed by atoms with van der Waals surface area (Å²) in [6, 6.07) is 5.62. The normalized spacial score (nSPS) is 13.7. The summed E-state index contributed by atoms with van der Waals surface area (Å²) in [5, 5.41) is 2.62. The van der Waals surface area contributed by atoms with Gasteiger partial charge in [0.15, 0.2) is 0 Å². The summed E-state index contributed by atoms with van der Waals surface area (Å²) in [4.78, 5) is 22.6. The lowest BCUT2D eigenvalue weighted by atomic mass is 10.00. The van der Waals surface area contributed by atoms with Gasteiger partial charge in [0.05, 0.1) is 12.5 Å². The van der Waals surface area contributed by atoms with Gasteiger partial charge in [-0.15, -0.1) is 0 Å². The van der Waals surface area contributed by atoms with E-state index in [9.17, 15) is 14.0 Å². The van der Waals surface area contributed by atoms with Gasteiger partial charge in [-0.3, -0.25) is 4.79 Å². The van der Waals surface area contributed by atoms with E-state index in [1.54, 1.807) is 18.2 Å². The molecule has 0 heterocycles. The zero-order valence-corrected chi connectivity index (χ0v) is 10.7. The molecular weight excluding hydrogens is 233 g/mol. The fourth-order valence-electron chi connectivity index (χ4n) is 1.62. The zero-order chi connectivity index (χ0) is 13.5. The molecule has 18 heavy (non-hydrogen) atoms. The van der Waals surface area contributed by atoms with Gasteiger partial charge in [0.25, 0.3) is 0 Å². The summed E-state index contributed by atoms with van der Waals surface area (Å²) in [5.74, 6) is -0.664. The number of nitrogens with one attached hydrogen (secondary N) is 1. The zero-order valence-electron chi connectivity index (χ0n) is 10.7. The minimum Gasteiger partial charge on any atom is -0.346 e. The van der Waals surface area contributed by atoms with Crippen LogP contribution < -0.4 is 5.32 Å². The first-order valence-corrected chi connectivity index (χ1v) is 6.06. The fraction of sp³-hybridized carbons (Fsp3) is 0.429. The Bertz CT molecular complexity index is 420. The Hall–Kier alpha value is -1.71. The Morgan fingerprint density at radius 2 is 2.11 bits per heavy atom. The number of benzene rings is 1. The van der Waals surface area contributed by atoms with Crippen LogP contribution in [-0.2, 0) is 16.0 Å². The molecule has 0 saturated carbocycles. The monoisotopic (exact) mass is 251 g/mol. The lowest BCUT2D eigenvalue weighted by molar-refractivity contribution is -0.124. The van der Waals surface area contributed by atoms with Crippen molar-refractivity contribution in [1.29, 1.82) is 0 Å². The summed E-state index contributed by atoms with van der Waals surface area (Å²) in [6.07, 6.45) is 1.48. The molecular formula is C14H18FNO2. The third-order valence-corrected chi connectivity index (χ3v) is 3.04. The summed E-state index contributed by atoms with van der Waals surface area (Å²) < 4.78 is 13.3. The second-order valence-corrected chi connectivity index (χ2v) is 4.38. The van der Waals surface area contributed by atoms with E-state index in [0.717, 1.165) is 12.7 Å². The molecule has 1 aromatic rings. The molecule has 0 fully saturated rings. The molecule has 98 valence electrons. The molecule has 0 saturated heterocycles. The van der Waals surface area contributed by atoms with Gasteiger partial charge >= 0.3 is 0 Å². The van der Waals surface area contributed by atoms with Crippen molar-refractivity contribution in [1.82, 2.24) is 5.32 Å². The number of halogens is 1. The molecule has 3 nitrogen and oxygen atoms in total. The van der Waals surface area contributed by atoms with Gasteiger partial charge in [-0.05, 0) is 17.5 Å². The predicted molar refractivity (Wildman–Crippen MR) is 67.6 cm³/mol. The van der Waals surface area contributed by atoms with E-state index in [0.29, 0.717) is 5.56 Å². The van der Waals surface area contributed by atoms with Crippen molar-refractivity contribution in [2.75, 3.05) is 0 Å². The highest BCUT2D eigenvalue weighted by molar-refractivity contribution is 5.81. The van der Waals surface area contributed by atoms with Gasteiger partial charge in [0.2, 0.25) is 5.91 Å². The maximum absolute atomic E-state index is 13.3. The van der Waals surface area contributed by atoms with Crippen molar-refractivity contribution >= 4 is 12.2 Å². The number of amides is 1. The molecule has 0 aliphatic carbocycles. The minimum absolute atomic E-state index is 0.0482. The second kappa shape index (κ2) is 6.89. The van der Waals surface area contributed by atoms with Crippen LogP contribution in [0.5, 0.6) is 0 Å². The van der Waals surface area contributed by atoms with Crippen LogP contribution in [0.15, 0.2) is 24.3 Å². The third-order valence-electron chi connectivity index (χ3n) is 3.04. The Morgan fingerprint density at radius 3 is 2.67 bits per heavy atom. The first-order chi connectivity index (χ1) is 8.58. The van der Waals surface area contributed by atoms with E-state index in [2.05, 4.69) is 5.32 Å². The Balaban J connectivity index is 2.61. The van der Waals surface area contributed by atoms with Crippen molar-refractivity contribution in [2.24, 2.45) is 5.92 Å². The summed E-state index contributed by atoms with van der Waals surface area (Å²) >= 11 is 0. The number of carbonyl (C=O) groups is 2. The maximum Gasteiger partial charge on any atom is 0.225 e. The smallest absolute Gasteiger partial charge is 0.225 e. The van der Waals surface area contributed by atoms with Gasteiger partial charge in [-0.2, -0.15) is 0 Å². The fourth-order valence-corrected chi connectivity index (χ4v) is 1.62. The maximum atomic E-state index is 13.3. The average Bonchev–Trinajstić information content (AvgIpc) is 2.37. The SMILES string of the molecule is CCC(C)[C@@H](C=O)NC(=O)Cc1ccccc1F. The molecule has 1 unspecified atom stereocenters. The first kappa shape index (κ1) is 14.4. The van der Waals surface area contributed by atoms with Crippen LogP contribution in [0.1, 0.15) is 25.8 Å². The number of hydrogen-bond acceptors (Lipinski definition) is 2. The van der Waals surface area contributed by atoms with E-state index in [4.69, 9.17) is 0 Å². The van der Waals surface area contributed by atoms with Gasteiger partial charge in [-0.25, -0.2) is 4.39 Å². The summed E-state index contributed by atoms with van der Waals surface area (Å²) in [5.41, 5.74) is 0.337. The Kier molecular flexibility index (Phi) is 5.49. The van der Waals surface area contributed by atoms with Crippen LogP contribution in [0.25, 0.3) is 0 Å². The number of hydrogen-bond donors (Lipinski definition) is 1. The lowest BCUT2D eigenvalue weighted by Crippen LogP contribution is -2.41. The highest BCUT2D eigenvalue weighted by Crippen LogP contribution is 2.09.